The van der Waals surface area contributed by atoms with Gasteiger partial charge in [0, 0.05) is 24.5 Å². The van der Waals surface area contributed by atoms with Crippen molar-refractivity contribution in [2.75, 3.05) is 19.7 Å². The van der Waals surface area contributed by atoms with Gasteiger partial charge in [-0.3, -0.25) is 4.90 Å². The van der Waals surface area contributed by atoms with Gasteiger partial charge >= 0.3 is 0 Å². The molecule has 0 saturated carbocycles. The lowest BCUT2D eigenvalue weighted by Crippen LogP contribution is -2.31. The van der Waals surface area contributed by atoms with E-state index < -0.39 is 0 Å². The highest BCUT2D eigenvalue weighted by Crippen LogP contribution is 2.25. The number of nitrogens with zero attached hydrogens (tertiary/aromatic N) is 2. The van der Waals surface area contributed by atoms with E-state index in [1.165, 1.54) is 16.7 Å². The molecule has 4 rings (SSSR count). The van der Waals surface area contributed by atoms with Gasteiger partial charge in [-0.05, 0) is 54.6 Å². The van der Waals surface area contributed by atoms with E-state index in [2.05, 4.69) is 34.7 Å². The first-order chi connectivity index (χ1) is 13.7. The van der Waals surface area contributed by atoms with Crippen LogP contribution in [0.1, 0.15) is 29.5 Å². The fourth-order valence-corrected chi connectivity index (χ4v) is 3.89. The van der Waals surface area contributed by atoms with E-state index >= 15 is 0 Å². The van der Waals surface area contributed by atoms with Gasteiger partial charge in [-0.2, -0.15) is 0 Å². The van der Waals surface area contributed by atoms with E-state index in [4.69, 9.17) is 4.74 Å². The standard InChI is InChI=1S/C24H26N2O2/c1-2-18-7-5-9-20-17-26(15-13-21(18)20)14-3-4-16-28-23-12-11-19-8-6-10-22(27)24(19)25-23/h2,5-12,27H,1,3-4,13-17H2. The van der Waals surface area contributed by atoms with Gasteiger partial charge in [0.2, 0.25) is 5.88 Å². The first kappa shape index (κ1) is 18.5. The molecule has 0 bridgehead atoms. The Morgan fingerprint density at radius 2 is 2.00 bits per heavy atom. The second-order valence-electron chi connectivity index (χ2n) is 7.27. The largest absolute Gasteiger partial charge is 0.506 e. The third-order valence-corrected chi connectivity index (χ3v) is 5.39. The number of pyridine rings is 1. The number of hydrogen-bond donors (Lipinski definition) is 1. The molecule has 144 valence electrons. The van der Waals surface area contributed by atoms with E-state index in [0.29, 0.717) is 18.0 Å². The molecule has 0 aliphatic carbocycles. The molecule has 1 N–H and O–H groups in total. The SMILES string of the molecule is C=Cc1cccc2c1CCN(CCCCOc1ccc3cccc(O)c3n1)C2. The number of aromatic hydroxyl groups is 1. The number of benzene rings is 2. The Labute approximate surface area is 166 Å². The molecule has 2 heterocycles. The smallest absolute Gasteiger partial charge is 0.213 e. The Kier molecular flexibility index (Phi) is 5.58. The van der Waals surface area contributed by atoms with Crippen molar-refractivity contribution in [3.8, 4) is 11.6 Å². The first-order valence-electron chi connectivity index (χ1n) is 9.92. The molecular weight excluding hydrogens is 348 g/mol. The van der Waals surface area contributed by atoms with Crippen LogP contribution < -0.4 is 4.74 Å². The number of ether oxygens (including phenoxy) is 1. The van der Waals surface area contributed by atoms with Crippen LogP contribution in [0.25, 0.3) is 17.0 Å². The third kappa shape index (κ3) is 4.02. The highest BCUT2D eigenvalue weighted by Gasteiger charge is 2.17. The number of rotatable bonds is 7. The van der Waals surface area contributed by atoms with Crippen LogP contribution in [0, 0.1) is 0 Å². The second-order valence-corrected chi connectivity index (χ2v) is 7.27. The van der Waals surface area contributed by atoms with E-state index in [1.807, 2.05) is 30.3 Å². The summed E-state index contributed by atoms with van der Waals surface area (Å²) in [6, 6.07) is 15.7. The van der Waals surface area contributed by atoms with Crippen molar-refractivity contribution < 1.29 is 9.84 Å². The maximum Gasteiger partial charge on any atom is 0.213 e. The quantitative estimate of drug-likeness (QED) is 0.604. The van der Waals surface area contributed by atoms with Crippen molar-refractivity contribution in [2.45, 2.75) is 25.8 Å². The highest BCUT2D eigenvalue weighted by molar-refractivity contribution is 5.84. The minimum atomic E-state index is 0.188. The highest BCUT2D eigenvalue weighted by atomic mass is 16.5. The van der Waals surface area contributed by atoms with Gasteiger partial charge < -0.3 is 9.84 Å². The summed E-state index contributed by atoms with van der Waals surface area (Å²) in [7, 11) is 0. The van der Waals surface area contributed by atoms with Crippen LogP contribution in [0.2, 0.25) is 0 Å². The number of unbranched alkanes of at least 4 members (excludes halogenated alkanes) is 1. The molecule has 0 radical (unpaired) electrons. The van der Waals surface area contributed by atoms with Crippen LogP contribution in [0.4, 0.5) is 0 Å². The fourth-order valence-electron chi connectivity index (χ4n) is 3.89. The molecule has 0 spiro atoms. The summed E-state index contributed by atoms with van der Waals surface area (Å²) in [4.78, 5) is 6.93. The summed E-state index contributed by atoms with van der Waals surface area (Å²) in [5.41, 5.74) is 4.76. The molecule has 0 amide bonds. The van der Waals surface area contributed by atoms with Crippen LogP contribution >= 0.6 is 0 Å². The molecule has 0 atom stereocenters. The summed E-state index contributed by atoms with van der Waals surface area (Å²) in [5.74, 6) is 0.755. The summed E-state index contributed by atoms with van der Waals surface area (Å²) in [6.45, 7) is 7.76. The second kappa shape index (κ2) is 8.44. The molecule has 4 nitrogen and oxygen atoms in total. The first-order valence-corrected chi connectivity index (χ1v) is 9.92. The fraction of sp³-hybridized carbons (Fsp3) is 0.292. The van der Waals surface area contributed by atoms with Crippen molar-refractivity contribution in [3.63, 3.8) is 0 Å². The van der Waals surface area contributed by atoms with Crippen LogP contribution in [-0.4, -0.2) is 34.7 Å². The third-order valence-electron chi connectivity index (χ3n) is 5.39. The van der Waals surface area contributed by atoms with Crippen molar-refractivity contribution in [3.05, 3.63) is 71.8 Å². The molecule has 0 unspecified atom stereocenters. The monoisotopic (exact) mass is 374 g/mol. The molecule has 1 aromatic heterocycles. The zero-order valence-electron chi connectivity index (χ0n) is 16.1. The Morgan fingerprint density at radius 3 is 2.89 bits per heavy atom. The van der Waals surface area contributed by atoms with Gasteiger partial charge in [0.05, 0.1) is 6.61 Å². The van der Waals surface area contributed by atoms with Crippen molar-refractivity contribution in [2.24, 2.45) is 0 Å². The number of para-hydroxylation sites is 1. The topological polar surface area (TPSA) is 45.6 Å². The lowest BCUT2D eigenvalue weighted by atomic mass is 9.94. The Balaban J connectivity index is 1.24. The average molecular weight is 374 g/mol. The maximum atomic E-state index is 9.92. The lowest BCUT2D eigenvalue weighted by Gasteiger charge is -2.29. The maximum absolute atomic E-state index is 9.92. The van der Waals surface area contributed by atoms with E-state index in [0.717, 1.165) is 44.3 Å². The van der Waals surface area contributed by atoms with E-state index in [1.54, 1.807) is 6.07 Å². The minimum Gasteiger partial charge on any atom is -0.506 e. The van der Waals surface area contributed by atoms with Crippen molar-refractivity contribution in [1.82, 2.24) is 9.88 Å². The molecule has 2 aromatic carbocycles. The average Bonchev–Trinajstić information content (AvgIpc) is 2.73. The van der Waals surface area contributed by atoms with Crippen LogP contribution in [-0.2, 0) is 13.0 Å². The predicted molar refractivity (Wildman–Crippen MR) is 114 cm³/mol. The minimum absolute atomic E-state index is 0.188. The molecule has 0 saturated heterocycles. The number of fused-ring (bicyclic) bond motifs is 2. The lowest BCUT2D eigenvalue weighted by molar-refractivity contribution is 0.233. The number of aromatic nitrogens is 1. The van der Waals surface area contributed by atoms with Crippen LogP contribution in [0.5, 0.6) is 11.6 Å². The molecule has 0 fully saturated rings. The van der Waals surface area contributed by atoms with Gasteiger partial charge in [0.1, 0.15) is 11.3 Å². The summed E-state index contributed by atoms with van der Waals surface area (Å²) < 4.78 is 5.79. The van der Waals surface area contributed by atoms with Crippen molar-refractivity contribution >= 4 is 17.0 Å². The number of phenolic OH excluding ortho intramolecular Hbond substituents is 1. The van der Waals surface area contributed by atoms with Gasteiger partial charge in [-0.25, -0.2) is 4.98 Å². The normalized spacial score (nSPS) is 14.0. The number of phenols is 1. The zero-order chi connectivity index (χ0) is 19.3. The molecule has 1 aliphatic heterocycles. The predicted octanol–water partition coefficient (Wildman–Crippen LogP) is 4.80. The molecular formula is C24H26N2O2. The summed E-state index contributed by atoms with van der Waals surface area (Å²) in [5, 5.41) is 10.8. The number of hydrogen-bond acceptors (Lipinski definition) is 4. The van der Waals surface area contributed by atoms with Gasteiger partial charge in [-0.15, -0.1) is 0 Å². The summed E-state index contributed by atoms with van der Waals surface area (Å²) in [6.07, 6.45) is 5.14. The zero-order valence-corrected chi connectivity index (χ0v) is 16.1. The molecule has 28 heavy (non-hydrogen) atoms. The van der Waals surface area contributed by atoms with Gasteiger partial charge in [0.15, 0.2) is 0 Å². The van der Waals surface area contributed by atoms with Crippen molar-refractivity contribution in [1.29, 1.82) is 0 Å². The van der Waals surface area contributed by atoms with Crippen LogP contribution in [0.15, 0.2) is 55.1 Å². The van der Waals surface area contributed by atoms with E-state index in [-0.39, 0.29) is 5.75 Å². The molecule has 1 aliphatic rings. The Morgan fingerprint density at radius 1 is 1.11 bits per heavy atom. The van der Waals surface area contributed by atoms with E-state index in [9.17, 15) is 5.11 Å². The van der Waals surface area contributed by atoms with Gasteiger partial charge in [-0.1, -0.05) is 43.0 Å². The van der Waals surface area contributed by atoms with Crippen LogP contribution in [0.3, 0.4) is 0 Å². The van der Waals surface area contributed by atoms with Gasteiger partial charge in [0.25, 0.3) is 0 Å². The summed E-state index contributed by atoms with van der Waals surface area (Å²) >= 11 is 0. The molecule has 4 heteroatoms. The Bertz CT molecular complexity index is 984. The Hall–Kier alpha value is -2.85. The molecule has 3 aromatic rings.